The van der Waals surface area contributed by atoms with Gasteiger partial charge in [-0.05, 0) is 48.8 Å². The van der Waals surface area contributed by atoms with Crippen molar-refractivity contribution in [1.29, 1.82) is 0 Å². The normalized spacial score (nSPS) is 18.8. The van der Waals surface area contributed by atoms with Crippen molar-refractivity contribution < 1.29 is 5.11 Å². The summed E-state index contributed by atoms with van der Waals surface area (Å²) in [6.07, 6.45) is 7.44. The molecule has 1 aliphatic rings. The zero-order valence-corrected chi connectivity index (χ0v) is 16.3. The summed E-state index contributed by atoms with van der Waals surface area (Å²) in [6, 6.07) is 6.02. The minimum atomic E-state index is -0.808. The minimum absolute atomic E-state index is 0.149. The van der Waals surface area contributed by atoms with E-state index < -0.39 is 5.60 Å². The van der Waals surface area contributed by atoms with Crippen molar-refractivity contribution in [2.75, 3.05) is 6.26 Å². The molecule has 0 radical (unpaired) electrons. The van der Waals surface area contributed by atoms with E-state index in [0.29, 0.717) is 29.2 Å². The third kappa shape index (κ3) is 2.73. The Balaban J connectivity index is 2.01. The first kappa shape index (κ1) is 18.0. The number of aliphatic hydroxyl groups is 1. The summed E-state index contributed by atoms with van der Waals surface area (Å²) in [5.74, 6) is 0. The molecule has 7 heteroatoms. The van der Waals surface area contributed by atoms with Crippen molar-refractivity contribution in [2.24, 2.45) is 0 Å². The first-order valence-electron chi connectivity index (χ1n) is 9.02. The second-order valence-electron chi connectivity index (χ2n) is 6.81. The molecule has 0 saturated heterocycles. The van der Waals surface area contributed by atoms with Gasteiger partial charge in [-0.3, -0.25) is 4.79 Å². The largest absolute Gasteiger partial charge is 0.385 e. The van der Waals surface area contributed by atoms with Crippen LogP contribution in [-0.4, -0.2) is 30.7 Å². The quantitative estimate of drug-likeness (QED) is 0.417. The summed E-state index contributed by atoms with van der Waals surface area (Å²) in [4.78, 5) is 21.7. The number of nitrogens with zero attached hydrogens (tertiary/aromatic N) is 4. The van der Waals surface area contributed by atoms with Crippen LogP contribution in [0.25, 0.3) is 16.7 Å². The van der Waals surface area contributed by atoms with Crippen LogP contribution in [0.2, 0.25) is 0 Å². The maximum Gasteiger partial charge on any atom is 0.278 e. The van der Waals surface area contributed by atoms with Crippen LogP contribution in [-0.2, 0) is 18.6 Å². The molecule has 2 aromatic heterocycles. The summed E-state index contributed by atoms with van der Waals surface area (Å²) in [5, 5.41) is 12.1. The fraction of sp³-hybridized carbons (Fsp3) is 0.350. The number of rotatable bonds is 5. The highest BCUT2D eigenvalue weighted by atomic mass is 32.2. The molecular formula is C20H22N4O2S. The van der Waals surface area contributed by atoms with Crippen LogP contribution >= 0.6 is 11.8 Å². The highest BCUT2D eigenvalue weighted by Gasteiger charge is 2.35. The number of hydrogen-bond acceptors (Lipinski definition) is 5. The molecule has 3 aromatic rings. The number of fused-ring (bicyclic) bond motifs is 2. The maximum atomic E-state index is 12.9. The van der Waals surface area contributed by atoms with E-state index in [9.17, 15) is 9.90 Å². The lowest BCUT2D eigenvalue weighted by Crippen LogP contribution is -2.23. The van der Waals surface area contributed by atoms with E-state index in [1.165, 1.54) is 11.8 Å². The van der Waals surface area contributed by atoms with Gasteiger partial charge in [0, 0.05) is 6.20 Å². The minimum Gasteiger partial charge on any atom is -0.385 e. The molecule has 0 fully saturated rings. The predicted octanol–water partition coefficient (Wildman–Crippen LogP) is 3.03. The molecule has 1 aliphatic carbocycles. The second kappa shape index (κ2) is 6.65. The van der Waals surface area contributed by atoms with Gasteiger partial charge in [-0.25, -0.2) is 19.3 Å². The number of allylic oxidation sites excluding steroid dienone is 1. The predicted molar refractivity (Wildman–Crippen MR) is 108 cm³/mol. The molecule has 1 N–H and O–H groups in total. The SMILES string of the molecule is C=CCn1c(=O)c2cnc(SC)nc2n1-c1ccc2c(c1)C(O)(CC)CC2. The number of aryl methyl sites for hydroxylation is 1. The fourth-order valence-corrected chi connectivity index (χ4v) is 4.19. The molecule has 4 rings (SSSR count). The lowest BCUT2D eigenvalue weighted by atomic mass is 9.93. The van der Waals surface area contributed by atoms with Crippen molar-refractivity contribution in [3.05, 3.63) is 58.5 Å². The van der Waals surface area contributed by atoms with Crippen LogP contribution in [0.5, 0.6) is 0 Å². The van der Waals surface area contributed by atoms with Gasteiger partial charge in [0.05, 0.1) is 17.8 Å². The molecule has 0 bridgehead atoms. The first-order valence-corrected chi connectivity index (χ1v) is 10.2. The first-order chi connectivity index (χ1) is 13.0. The van der Waals surface area contributed by atoms with Gasteiger partial charge in [-0.15, -0.1) is 6.58 Å². The summed E-state index contributed by atoms with van der Waals surface area (Å²) in [6.45, 7) is 6.14. The van der Waals surface area contributed by atoms with E-state index >= 15 is 0 Å². The highest BCUT2D eigenvalue weighted by Crippen LogP contribution is 2.40. The highest BCUT2D eigenvalue weighted by molar-refractivity contribution is 7.98. The smallest absolute Gasteiger partial charge is 0.278 e. The van der Waals surface area contributed by atoms with Crippen molar-refractivity contribution in [1.82, 2.24) is 19.3 Å². The molecule has 0 amide bonds. The molecule has 1 aromatic carbocycles. The average Bonchev–Trinajstić information content (AvgIpc) is 3.17. The van der Waals surface area contributed by atoms with Crippen LogP contribution in [0.3, 0.4) is 0 Å². The lowest BCUT2D eigenvalue weighted by Gasteiger charge is -2.23. The van der Waals surface area contributed by atoms with Gasteiger partial charge in [0.1, 0.15) is 5.39 Å². The molecule has 0 saturated carbocycles. The van der Waals surface area contributed by atoms with E-state index in [0.717, 1.165) is 29.7 Å². The van der Waals surface area contributed by atoms with Gasteiger partial charge in [-0.1, -0.05) is 30.8 Å². The molecule has 1 atom stereocenters. The van der Waals surface area contributed by atoms with Crippen LogP contribution in [0.15, 0.2) is 47.0 Å². The third-order valence-electron chi connectivity index (χ3n) is 5.37. The van der Waals surface area contributed by atoms with Crippen LogP contribution < -0.4 is 5.56 Å². The van der Waals surface area contributed by atoms with Gasteiger partial charge in [0.2, 0.25) is 0 Å². The van der Waals surface area contributed by atoms with E-state index in [2.05, 4.69) is 16.5 Å². The Morgan fingerprint density at radius 2 is 2.26 bits per heavy atom. The third-order valence-corrected chi connectivity index (χ3v) is 5.93. The van der Waals surface area contributed by atoms with Gasteiger partial charge in [-0.2, -0.15) is 0 Å². The van der Waals surface area contributed by atoms with Crippen LogP contribution in [0.4, 0.5) is 0 Å². The Kier molecular flexibility index (Phi) is 4.44. The molecule has 6 nitrogen and oxygen atoms in total. The molecular weight excluding hydrogens is 360 g/mol. The van der Waals surface area contributed by atoms with Gasteiger partial charge in [0.15, 0.2) is 10.8 Å². The van der Waals surface area contributed by atoms with E-state index in [4.69, 9.17) is 0 Å². The molecule has 0 spiro atoms. The Morgan fingerprint density at radius 3 is 2.96 bits per heavy atom. The van der Waals surface area contributed by atoms with Gasteiger partial charge >= 0.3 is 0 Å². The van der Waals surface area contributed by atoms with Crippen molar-refractivity contribution >= 4 is 22.8 Å². The van der Waals surface area contributed by atoms with E-state index in [1.54, 1.807) is 17.0 Å². The fourth-order valence-electron chi connectivity index (χ4n) is 3.85. The molecule has 0 aliphatic heterocycles. The summed E-state index contributed by atoms with van der Waals surface area (Å²) in [5.41, 5.74) is 2.53. The Morgan fingerprint density at radius 1 is 1.44 bits per heavy atom. The number of benzene rings is 1. The van der Waals surface area contributed by atoms with Crippen molar-refractivity contribution in [3.63, 3.8) is 0 Å². The summed E-state index contributed by atoms with van der Waals surface area (Å²) >= 11 is 1.43. The number of thioether (sulfide) groups is 1. The number of aromatic nitrogens is 4. The second-order valence-corrected chi connectivity index (χ2v) is 7.58. The van der Waals surface area contributed by atoms with E-state index in [-0.39, 0.29) is 5.56 Å². The molecule has 1 unspecified atom stereocenters. The van der Waals surface area contributed by atoms with E-state index in [1.807, 2.05) is 36.1 Å². The topological polar surface area (TPSA) is 72.9 Å². The molecule has 140 valence electrons. The van der Waals surface area contributed by atoms with Crippen molar-refractivity contribution in [3.8, 4) is 5.69 Å². The zero-order chi connectivity index (χ0) is 19.2. The molecule has 2 heterocycles. The summed E-state index contributed by atoms with van der Waals surface area (Å²) in [7, 11) is 0. The monoisotopic (exact) mass is 382 g/mol. The van der Waals surface area contributed by atoms with Crippen LogP contribution in [0.1, 0.15) is 30.9 Å². The lowest BCUT2D eigenvalue weighted by molar-refractivity contribution is 0.0345. The zero-order valence-electron chi connectivity index (χ0n) is 15.5. The Bertz CT molecular complexity index is 1100. The van der Waals surface area contributed by atoms with Gasteiger partial charge in [0.25, 0.3) is 5.56 Å². The maximum absolute atomic E-state index is 12.9. The van der Waals surface area contributed by atoms with Gasteiger partial charge < -0.3 is 5.11 Å². The average molecular weight is 382 g/mol. The van der Waals surface area contributed by atoms with Crippen molar-refractivity contribution in [2.45, 2.75) is 43.5 Å². The number of hydrogen-bond donors (Lipinski definition) is 1. The summed E-state index contributed by atoms with van der Waals surface area (Å²) < 4.78 is 3.42. The Hall–Kier alpha value is -2.38. The van der Waals surface area contributed by atoms with Crippen LogP contribution in [0, 0.1) is 0 Å². The molecule has 27 heavy (non-hydrogen) atoms. The standard InChI is InChI=1S/C20H22N4O2S/c1-4-10-23-18(25)15-12-21-19(27-3)22-17(15)24(23)14-7-6-13-8-9-20(26,5-2)16(13)11-14/h4,6-7,11-12,26H,1,5,8-10H2,2-3H3. The Labute approximate surface area is 161 Å².